The standard InChI is InChI=1S/C13H18N4O2S/c1-19-12-10(17-6-7-20-13(17)16-12)8-14-5-4-11(18)15-9-2-3-9/h6-7,9,14H,2-5,8H2,1H3,(H,15,18). The summed E-state index contributed by atoms with van der Waals surface area (Å²) >= 11 is 1.58. The van der Waals surface area contributed by atoms with E-state index in [0.717, 1.165) is 23.5 Å². The van der Waals surface area contributed by atoms with Crippen molar-refractivity contribution in [3.05, 3.63) is 17.3 Å². The van der Waals surface area contributed by atoms with Crippen molar-refractivity contribution in [1.82, 2.24) is 20.0 Å². The lowest BCUT2D eigenvalue weighted by atomic mass is 10.3. The van der Waals surface area contributed by atoms with Gasteiger partial charge < -0.3 is 15.4 Å². The molecule has 2 N–H and O–H groups in total. The molecule has 3 rings (SSSR count). The van der Waals surface area contributed by atoms with Crippen LogP contribution in [0.4, 0.5) is 0 Å². The first-order chi connectivity index (χ1) is 9.78. The number of aromatic nitrogens is 2. The smallest absolute Gasteiger partial charge is 0.237 e. The predicted molar refractivity (Wildman–Crippen MR) is 77.1 cm³/mol. The number of imidazole rings is 1. The molecule has 7 heteroatoms. The fourth-order valence-electron chi connectivity index (χ4n) is 2.07. The van der Waals surface area contributed by atoms with Gasteiger partial charge in [-0.1, -0.05) is 0 Å². The van der Waals surface area contributed by atoms with E-state index in [2.05, 4.69) is 15.6 Å². The molecule has 108 valence electrons. The van der Waals surface area contributed by atoms with E-state index in [-0.39, 0.29) is 5.91 Å². The summed E-state index contributed by atoms with van der Waals surface area (Å²) in [5, 5.41) is 8.24. The maximum absolute atomic E-state index is 11.6. The van der Waals surface area contributed by atoms with Gasteiger partial charge in [0.25, 0.3) is 0 Å². The first-order valence-corrected chi connectivity index (χ1v) is 7.64. The van der Waals surface area contributed by atoms with Crippen LogP contribution in [0.3, 0.4) is 0 Å². The zero-order valence-electron chi connectivity index (χ0n) is 11.4. The van der Waals surface area contributed by atoms with Gasteiger partial charge in [-0.15, -0.1) is 11.3 Å². The molecule has 1 fully saturated rings. The number of amides is 1. The highest BCUT2D eigenvalue weighted by Crippen LogP contribution is 2.22. The molecule has 20 heavy (non-hydrogen) atoms. The summed E-state index contributed by atoms with van der Waals surface area (Å²) in [7, 11) is 1.62. The van der Waals surface area contributed by atoms with Gasteiger partial charge in [0.1, 0.15) is 5.69 Å². The molecule has 0 unspecified atom stereocenters. The number of methoxy groups -OCH3 is 1. The van der Waals surface area contributed by atoms with Gasteiger partial charge in [0, 0.05) is 37.1 Å². The van der Waals surface area contributed by atoms with E-state index in [1.165, 1.54) is 0 Å². The summed E-state index contributed by atoms with van der Waals surface area (Å²) in [5.74, 6) is 0.771. The van der Waals surface area contributed by atoms with Crippen molar-refractivity contribution in [2.75, 3.05) is 13.7 Å². The lowest BCUT2D eigenvalue weighted by Crippen LogP contribution is -2.29. The third kappa shape index (κ3) is 2.94. The van der Waals surface area contributed by atoms with Gasteiger partial charge in [-0.2, -0.15) is 4.98 Å². The molecule has 1 aliphatic rings. The number of hydrogen-bond acceptors (Lipinski definition) is 5. The van der Waals surface area contributed by atoms with Gasteiger partial charge in [-0.25, -0.2) is 0 Å². The van der Waals surface area contributed by atoms with Crippen LogP contribution < -0.4 is 15.4 Å². The van der Waals surface area contributed by atoms with Crippen molar-refractivity contribution in [3.63, 3.8) is 0 Å². The van der Waals surface area contributed by atoms with E-state index in [0.29, 0.717) is 31.4 Å². The first kappa shape index (κ1) is 13.4. The van der Waals surface area contributed by atoms with Crippen LogP contribution >= 0.6 is 11.3 Å². The molecule has 1 amide bonds. The van der Waals surface area contributed by atoms with Crippen molar-refractivity contribution in [2.45, 2.75) is 31.8 Å². The monoisotopic (exact) mass is 294 g/mol. The zero-order valence-corrected chi connectivity index (χ0v) is 12.2. The average molecular weight is 294 g/mol. The molecule has 2 aromatic rings. The number of fused-ring (bicyclic) bond motifs is 1. The summed E-state index contributed by atoms with van der Waals surface area (Å²) in [4.78, 5) is 16.9. The lowest BCUT2D eigenvalue weighted by Gasteiger charge is -2.06. The molecule has 0 saturated heterocycles. The van der Waals surface area contributed by atoms with Crippen LogP contribution in [0.1, 0.15) is 25.0 Å². The van der Waals surface area contributed by atoms with Gasteiger partial charge in [-0.05, 0) is 12.8 Å². The Labute approximate surface area is 121 Å². The minimum absolute atomic E-state index is 0.126. The van der Waals surface area contributed by atoms with E-state index >= 15 is 0 Å². The second kappa shape index (κ2) is 5.80. The average Bonchev–Trinajstić information content (AvgIpc) is 3.01. The van der Waals surface area contributed by atoms with Crippen molar-refractivity contribution < 1.29 is 9.53 Å². The number of hydrogen-bond donors (Lipinski definition) is 2. The molecule has 2 heterocycles. The molecule has 6 nitrogen and oxygen atoms in total. The Morgan fingerprint density at radius 1 is 1.60 bits per heavy atom. The Bertz CT molecular complexity index is 603. The molecule has 1 aliphatic carbocycles. The normalized spacial score (nSPS) is 14.7. The maximum Gasteiger partial charge on any atom is 0.237 e. The zero-order chi connectivity index (χ0) is 13.9. The van der Waals surface area contributed by atoms with Gasteiger partial charge in [0.05, 0.1) is 7.11 Å². The molecular formula is C13H18N4O2S. The molecule has 0 aromatic carbocycles. The number of carbonyl (C=O) groups is 1. The number of thiazole rings is 1. The largest absolute Gasteiger partial charge is 0.480 e. The van der Waals surface area contributed by atoms with Gasteiger partial charge in [0.15, 0.2) is 4.96 Å². The number of nitrogens with zero attached hydrogens (tertiary/aromatic N) is 2. The molecule has 0 radical (unpaired) electrons. The van der Waals surface area contributed by atoms with Gasteiger partial charge in [0.2, 0.25) is 11.8 Å². The summed E-state index contributed by atoms with van der Waals surface area (Å²) in [5.41, 5.74) is 0.992. The van der Waals surface area contributed by atoms with Crippen molar-refractivity contribution in [1.29, 1.82) is 0 Å². The topological polar surface area (TPSA) is 67.7 Å². The van der Waals surface area contributed by atoms with Crippen LogP contribution in [-0.2, 0) is 11.3 Å². The van der Waals surface area contributed by atoms with Crippen LogP contribution in [0.15, 0.2) is 11.6 Å². The molecule has 0 spiro atoms. The summed E-state index contributed by atoms with van der Waals surface area (Å²) in [6.07, 6.45) is 4.74. The Morgan fingerprint density at radius 3 is 3.20 bits per heavy atom. The Hall–Kier alpha value is -1.60. The second-order valence-electron chi connectivity index (χ2n) is 4.89. The SMILES string of the molecule is COc1nc2sccn2c1CNCCC(=O)NC1CC1. The predicted octanol–water partition coefficient (Wildman–Crippen LogP) is 1.16. The molecule has 0 atom stereocenters. The lowest BCUT2D eigenvalue weighted by molar-refractivity contribution is -0.121. The van der Waals surface area contributed by atoms with E-state index in [1.54, 1.807) is 18.4 Å². The Morgan fingerprint density at radius 2 is 2.45 bits per heavy atom. The minimum atomic E-state index is 0.126. The van der Waals surface area contributed by atoms with Crippen LogP contribution in [0.25, 0.3) is 4.96 Å². The number of carbonyl (C=O) groups excluding carboxylic acids is 1. The van der Waals surface area contributed by atoms with Crippen LogP contribution in [-0.4, -0.2) is 35.0 Å². The maximum atomic E-state index is 11.6. The third-order valence-corrected chi connectivity index (χ3v) is 4.04. The van der Waals surface area contributed by atoms with E-state index in [9.17, 15) is 4.79 Å². The van der Waals surface area contributed by atoms with Gasteiger partial charge in [-0.3, -0.25) is 9.20 Å². The first-order valence-electron chi connectivity index (χ1n) is 6.76. The summed E-state index contributed by atoms with van der Waals surface area (Å²) in [6, 6.07) is 0.433. The Kier molecular flexibility index (Phi) is 3.88. The highest BCUT2D eigenvalue weighted by molar-refractivity contribution is 7.15. The highest BCUT2D eigenvalue weighted by atomic mass is 32.1. The highest BCUT2D eigenvalue weighted by Gasteiger charge is 2.22. The van der Waals surface area contributed by atoms with Crippen molar-refractivity contribution >= 4 is 22.2 Å². The van der Waals surface area contributed by atoms with Crippen LogP contribution in [0, 0.1) is 0 Å². The molecular weight excluding hydrogens is 276 g/mol. The van der Waals surface area contributed by atoms with Gasteiger partial charge >= 0.3 is 0 Å². The van der Waals surface area contributed by atoms with E-state index in [4.69, 9.17) is 4.74 Å². The van der Waals surface area contributed by atoms with Crippen LogP contribution in [0.5, 0.6) is 5.88 Å². The summed E-state index contributed by atoms with van der Waals surface area (Å²) < 4.78 is 7.30. The second-order valence-corrected chi connectivity index (χ2v) is 5.76. The van der Waals surface area contributed by atoms with Crippen molar-refractivity contribution in [2.24, 2.45) is 0 Å². The van der Waals surface area contributed by atoms with E-state index < -0.39 is 0 Å². The molecule has 0 bridgehead atoms. The fraction of sp³-hybridized carbons (Fsp3) is 0.538. The van der Waals surface area contributed by atoms with Crippen molar-refractivity contribution in [3.8, 4) is 5.88 Å². The third-order valence-electron chi connectivity index (χ3n) is 3.28. The molecule has 2 aromatic heterocycles. The minimum Gasteiger partial charge on any atom is -0.480 e. The number of nitrogens with one attached hydrogen (secondary N) is 2. The molecule has 0 aliphatic heterocycles. The van der Waals surface area contributed by atoms with E-state index in [1.807, 2.05) is 16.0 Å². The fourth-order valence-corrected chi connectivity index (χ4v) is 2.80. The summed E-state index contributed by atoms with van der Waals surface area (Å²) in [6.45, 7) is 1.29. The number of rotatable bonds is 7. The number of ether oxygens (including phenoxy) is 1. The molecule has 1 saturated carbocycles. The van der Waals surface area contributed by atoms with Crippen LogP contribution in [0.2, 0.25) is 0 Å². The quantitative estimate of drug-likeness (QED) is 0.752. The Balaban J connectivity index is 1.51.